The van der Waals surface area contributed by atoms with Crippen molar-refractivity contribution in [2.75, 3.05) is 0 Å². The lowest BCUT2D eigenvalue weighted by Gasteiger charge is -2.00. The lowest BCUT2D eigenvalue weighted by atomic mass is 10.2. The summed E-state index contributed by atoms with van der Waals surface area (Å²) in [5, 5.41) is 1.12. The van der Waals surface area contributed by atoms with Crippen molar-refractivity contribution in [3.8, 4) is 11.5 Å². The Morgan fingerprint density at radius 1 is 1.06 bits per heavy atom. The third-order valence-electron chi connectivity index (χ3n) is 2.42. The average molecular weight is 274 g/mol. The summed E-state index contributed by atoms with van der Waals surface area (Å²) in [6, 6.07) is 13.8. The Labute approximate surface area is 101 Å². The minimum absolute atomic E-state index is 0.796. The van der Waals surface area contributed by atoms with Crippen LogP contribution in [0.15, 0.2) is 57.6 Å². The molecular formula is C13H8BrNO. The second-order valence-electron chi connectivity index (χ2n) is 3.51. The van der Waals surface area contributed by atoms with Gasteiger partial charge in [0.1, 0.15) is 5.69 Å². The molecule has 0 saturated carbocycles. The van der Waals surface area contributed by atoms with Crippen LogP contribution < -0.4 is 0 Å². The van der Waals surface area contributed by atoms with Crippen LogP contribution >= 0.6 is 15.9 Å². The second kappa shape index (κ2) is 3.76. The SMILES string of the molecule is Brc1ccc2nc(-c3ccco3)ccc2c1. The predicted molar refractivity (Wildman–Crippen MR) is 67.1 cm³/mol. The number of pyridine rings is 1. The van der Waals surface area contributed by atoms with Gasteiger partial charge in [-0.2, -0.15) is 0 Å². The molecule has 0 spiro atoms. The zero-order chi connectivity index (χ0) is 11.0. The molecule has 3 heteroatoms. The van der Waals surface area contributed by atoms with E-state index in [0.29, 0.717) is 0 Å². The van der Waals surface area contributed by atoms with Crippen LogP contribution in [-0.4, -0.2) is 4.98 Å². The number of hydrogen-bond donors (Lipinski definition) is 0. The predicted octanol–water partition coefficient (Wildman–Crippen LogP) is 4.26. The van der Waals surface area contributed by atoms with Gasteiger partial charge in [0.2, 0.25) is 0 Å². The summed E-state index contributed by atoms with van der Waals surface area (Å²) in [6.07, 6.45) is 1.66. The first-order valence-electron chi connectivity index (χ1n) is 4.93. The van der Waals surface area contributed by atoms with Crippen LogP contribution in [-0.2, 0) is 0 Å². The molecule has 0 bridgehead atoms. The van der Waals surface area contributed by atoms with Crippen LogP contribution in [0.5, 0.6) is 0 Å². The lowest BCUT2D eigenvalue weighted by molar-refractivity contribution is 0.580. The van der Waals surface area contributed by atoms with E-state index in [-0.39, 0.29) is 0 Å². The van der Waals surface area contributed by atoms with Crippen LogP contribution in [0.2, 0.25) is 0 Å². The summed E-state index contributed by atoms with van der Waals surface area (Å²) < 4.78 is 6.38. The van der Waals surface area contributed by atoms with Crippen molar-refractivity contribution in [1.82, 2.24) is 4.98 Å². The molecule has 0 aliphatic heterocycles. The maximum absolute atomic E-state index is 5.32. The van der Waals surface area contributed by atoms with E-state index in [0.717, 1.165) is 26.8 Å². The first-order valence-corrected chi connectivity index (χ1v) is 5.72. The monoisotopic (exact) mass is 273 g/mol. The topological polar surface area (TPSA) is 26.0 Å². The number of furan rings is 1. The Bertz CT molecular complexity index is 631. The molecule has 2 heterocycles. The van der Waals surface area contributed by atoms with Crippen LogP contribution in [0, 0.1) is 0 Å². The first-order chi connectivity index (χ1) is 7.83. The highest BCUT2D eigenvalue weighted by atomic mass is 79.9. The van der Waals surface area contributed by atoms with E-state index in [1.807, 2.05) is 42.5 Å². The van der Waals surface area contributed by atoms with Crippen LogP contribution in [0.25, 0.3) is 22.4 Å². The fourth-order valence-electron chi connectivity index (χ4n) is 1.66. The molecule has 0 aliphatic carbocycles. The van der Waals surface area contributed by atoms with Crippen molar-refractivity contribution in [3.05, 3.63) is 53.2 Å². The molecule has 0 unspecified atom stereocenters. The number of hydrogen-bond acceptors (Lipinski definition) is 2. The quantitative estimate of drug-likeness (QED) is 0.662. The van der Waals surface area contributed by atoms with Gasteiger partial charge in [-0.05, 0) is 36.4 Å². The van der Waals surface area contributed by atoms with Gasteiger partial charge in [0, 0.05) is 9.86 Å². The average Bonchev–Trinajstić information content (AvgIpc) is 2.82. The molecule has 0 amide bonds. The first kappa shape index (κ1) is 9.60. The van der Waals surface area contributed by atoms with E-state index < -0.39 is 0 Å². The van der Waals surface area contributed by atoms with Gasteiger partial charge in [0.25, 0.3) is 0 Å². The van der Waals surface area contributed by atoms with Crippen LogP contribution in [0.4, 0.5) is 0 Å². The molecule has 3 aromatic rings. The number of nitrogens with zero attached hydrogens (tertiary/aromatic N) is 1. The van der Waals surface area contributed by atoms with Gasteiger partial charge in [-0.25, -0.2) is 4.98 Å². The van der Waals surface area contributed by atoms with Crippen molar-refractivity contribution < 1.29 is 4.42 Å². The number of fused-ring (bicyclic) bond motifs is 1. The molecule has 2 nitrogen and oxygen atoms in total. The van der Waals surface area contributed by atoms with E-state index in [9.17, 15) is 0 Å². The maximum atomic E-state index is 5.32. The summed E-state index contributed by atoms with van der Waals surface area (Å²) in [7, 11) is 0. The molecule has 0 saturated heterocycles. The van der Waals surface area contributed by atoms with E-state index >= 15 is 0 Å². The molecule has 1 aromatic carbocycles. The molecular weight excluding hydrogens is 266 g/mol. The minimum atomic E-state index is 0.796. The Kier molecular flexibility index (Phi) is 2.26. The third-order valence-corrected chi connectivity index (χ3v) is 2.92. The minimum Gasteiger partial charge on any atom is -0.463 e. The van der Waals surface area contributed by atoms with Gasteiger partial charge in [-0.1, -0.05) is 22.0 Å². The second-order valence-corrected chi connectivity index (χ2v) is 4.43. The van der Waals surface area contributed by atoms with Crippen LogP contribution in [0.3, 0.4) is 0 Å². The zero-order valence-corrected chi connectivity index (χ0v) is 9.94. The summed E-state index contributed by atoms with van der Waals surface area (Å²) in [5.41, 5.74) is 1.83. The highest BCUT2D eigenvalue weighted by Crippen LogP contribution is 2.23. The summed E-state index contributed by atoms with van der Waals surface area (Å²) >= 11 is 3.44. The summed E-state index contributed by atoms with van der Waals surface area (Å²) in [5.74, 6) is 0.796. The smallest absolute Gasteiger partial charge is 0.152 e. The number of rotatable bonds is 1. The van der Waals surface area contributed by atoms with E-state index in [1.54, 1.807) is 6.26 Å². The molecule has 0 fully saturated rings. The summed E-state index contributed by atoms with van der Waals surface area (Å²) in [4.78, 5) is 4.54. The van der Waals surface area contributed by atoms with E-state index in [4.69, 9.17) is 4.42 Å². The third kappa shape index (κ3) is 1.63. The van der Waals surface area contributed by atoms with E-state index in [2.05, 4.69) is 20.9 Å². The molecule has 2 aromatic heterocycles. The molecule has 16 heavy (non-hydrogen) atoms. The normalized spacial score (nSPS) is 10.8. The van der Waals surface area contributed by atoms with Crippen molar-refractivity contribution in [1.29, 1.82) is 0 Å². The summed E-state index contributed by atoms with van der Waals surface area (Å²) in [6.45, 7) is 0. The van der Waals surface area contributed by atoms with Crippen molar-refractivity contribution in [2.45, 2.75) is 0 Å². The van der Waals surface area contributed by atoms with Gasteiger partial charge in [0.15, 0.2) is 5.76 Å². The zero-order valence-electron chi connectivity index (χ0n) is 8.35. The highest BCUT2D eigenvalue weighted by molar-refractivity contribution is 9.10. The number of aromatic nitrogens is 1. The number of halogens is 1. The largest absolute Gasteiger partial charge is 0.463 e. The molecule has 3 rings (SSSR count). The Morgan fingerprint density at radius 2 is 2.00 bits per heavy atom. The van der Waals surface area contributed by atoms with Gasteiger partial charge >= 0.3 is 0 Å². The van der Waals surface area contributed by atoms with Crippen molar-refractivity contribution in [2.24, 2.45) is 0 Å². The van der Waals surface area contributed by atoms with Gasteiger partial charge in [-0.15, -0.1) is 0 Å². The molecule has 0 radical (unpaired) electrons. The molecule has 0 aliphatic rings. The molecule has 0 N–H and O–H groups in total. The van der Waals surface area contributed by atoms with Crippen LogP contribution in [0.1, 0.15) is 0 Å². The van der Waals surface area contributed by atoms with Crippen molar-refractivity contribution in [3.63, 3.8) is 0 Å². The number of benzene rings is 1. The fraction of sp³-hybridized carbons (Fsp3) is 0. The fourth-order valence-corrected chi connectivity index (χ4v) is 2.04. The molecule has 0 atom stereocenters. The Balaban J connectivity index is 2.20. The standard InChI is InChI=1S/C13H8BrNO/c14-10-4-6-11-9(8-10)3-5-12(15-11)13-2-1-7-16-13/h1-8H. The van der Waals surface area contributed by atoms with E-state index in [1.165, 1.54) is 0 Å². The van der Waals surface area contributed by atoms with Gasteiger partial charge < -0.3 is 4.42 Å². The van der Waals surface area contributed by atoms with Crippen molar-refractivity contribution >= 4 is 26.8 Å². The lowest BCUT2D eigenvalue weighted by Crippen LogP contribution is -1.83. The highest BCUT2D eigenvalue weighted by Gasteiger charge is 2.03. The maximum Gasteiger partial charge on any atom is 0.152 e. The Hall–Kier alpha value is -1.61. The van der Waals surface area contributed by atoms with Gasteiger partial charge in [0.05, 0.1) is 11.8 Å². The van der Waals surface area contributed by atoms with Gasteiger partial charge in [-0.3, -0.25) is 0 Å². The molecule has 78 valence electrons. The Morgan fingerprint density at radius 3 is 2.81 bits per heavy atom.